The maximum absolute atomic E-state index is 11.9. The second-order valence-electron chi connectivity index (χ2n) is 4.25. The molecule has 1 aromatic heterocycles. The van der Waals surface area contributed by atoms with Crippen LogP contribution in [0, 0.1) is 10.1 Å². The summed E-state index contributed by atoms with van der Waals surface area (Å²) in [7, 11) is 0. The Morgan fingerprint density at radius 1 is 1.52 bits per heavy atom. The number of nitrogens with zero attached hydrogens (tertiary/aromatic N) is 2. The van der Waals surface area contributed by atoms with Crippen LogP contribution in [0.3, 0.4) is 0 Å². The fourth-order valence-electron chi connectivity index (χ4n) is 1.73. The highest BCUT2D eigenvalue weighted by atomic mass is 16.6. The molecule has 0 unspecified atom stereocenters. The molecule has 0 aliphatic carbocycles. The Bertz CT molecular complexity index is 680. The van der Waals surface area contributed by atoms with Gasteiger partial charge in [-0.05, 0) is 12.5 Å². The molecule has 0 bridgehead atoms. The number of carbonyl (C=O) groups is 1. The Balaban J connectivity index is 2.10. The number of aromatic hydroxyl groups is 1. The summed E-state index contributed by atoms with van der Waals surface area (Å²) in [5.41, 5.74) is 0.0764. The lowest BCUT2D eigenvalue weighted by molar-refractivity contribution is -0.385. The summed E-state index contributed by atoms with van der Waals surface area (Å²) in [6.07, 6.45) is 0.711. The van der Waals surface area contributed by atoms with Gasteiger partial charge >= 0.3 is 5.69 Å². The van der Waals surface area contributed by atoms with Gasteiger partial charge in [0.15, 0.2) is 5.76 Å². The largest absolute Gasteiger partial charge is 0.502 e. The molecule has 0 saturated heterocycles. The number of nitrogens with one attached hydrogen (secondary N) is 1. The first kappa shape index (κ1) is 14.5. The van der Waals surface area contributed by atoms with Gasteiger partial charge in [-0.25, -0.2) is 0 Å². The normalized spacial score (nSPS) is 10.3. The molecule has 110 valence electrons. The summed E-state index contributed by atoms with van der Waals surface area (Å²) in [4.78, 5) is 21.9. The van der Waals surface area contributed by atoms with E-state index in [2.05, 4.69) is 10.5 Å². The van der Waals surface area contributed by atoms with E-state index in [-0.39, 0.29) is 12.1 Å². The molecule has 21 heavy (non-hydrogen) atoms. The van der Waals surface area contributed by atoms with E-state index in [9.17, 15) is 20.0 Å². The highest BCUT2D eigenvalue weighted by Gasteiger charge is 2.20. The molecule has 1 aromatic carbocycles. The van der Waals surface area contributed by atoms with E-state index in [1.807, 2.05) is 6.92 Å². The van der Waals surface area contributed by atoms with Crippen molar-refractivity contribution in [2.45, 2.75) is 19.9 Å². The van der Waals surface area contributed by atoms with Crippen LogP contribution in [-0.4, -0.2) is 21.1 Å². The molecule has 2 aromatic rings. The van der Waals surface area contributed by atoms with Crippen molar-refractivity contribution in [2.75, 3.05) is 0 Å². The fourth-order valence-corrected chi connectivity index (χ4v) is 1.73. The summed E-state index contributed by atoms with van der Waals surface area (Å²) in [6.45, 7) is 2.00. The minimum atomic E-state index is -0.754. The monoisotopic (exact) mass is 291 g/mol. The van der Waals surface area contributed by atoms with E-state index in [0.29, 0.717) is 12.2 Å². The van der Waals surface area contributed by atoms with E-state index < -0.39 is 22.3 Å². The molecule has 2 N–H and O–H groups in total. The molecule has 1 amide bonds. The Labute approximate surface area is 119 Å². The fraction of sp³-hybridized carbons (Fsp3) is 0.231. The minimum Gasteiger partial charge on any atom is -0.502 e. The lowest BCUT2D eigenvalue weighted by atomic mass is 10.1. The Morgan fingerprint density at radius 3 is 2.90 bits per heavy atom. The number of aromatic nitrogens is 1. The maximum atomic E-state index is 11.9. The second kappa shape index (κ2) is 6.04. The van der Waals surface area contributed by atoms with Crippen molar-refractivity contribution in [1.29, 1.82) is 0 Å². The number of phenolic OH excluding ortho intramolecular Hbond substituents is 1. The van der Waals surface area contributed by atoms with Gasteiger partial charge in [0, 0.05) is 12.1 Å². The van der Waals surface area contributed by atoms with Gasteiger partial charge in [0.2, 0.25) is 5.75 Å². The molecule has 2 rings (SSSR count). The summed E-state index contributed by atoms with van der Waals surface area (Å²) < 4.78 is 5.00. The first-order valence-electron chi connectivity index (χ1n) is 6.22. The van der Waals surface area contributed by atoms with Gasteiger partial charge in [-0.2, -0.15) is 0 Å². The average Bonchev–Trinajstić information content (AvgIpc) is 2.92. The van der Waals surface area contributed by atoms with Gasteiger partial charge in [0.25, 0.3) is 5.91 Å². The molecular weight excluding hydrogens is 278 g/mol. The van der Waals surface area contributed by atoms with E-state index >= 15 is 0 Å². The van der Waals surface area contributed by atoms with Gasteiger partial charge in [0.1, 0.15) is 0 Å². The molecule has 1 heterocycles. The van der Waals surface area contributed by atoms with E-state index in [1.54, 1.807) is 6.07 Å². The predicted molar refractivity (Wildman–Crippen MR) is 71.8 cm³/mol. The molecular formula is C13H13N3O5. The van der Waals surface area contributed by atoms with Gasteiger partial charge in [-0.1, -0.05) is 18.1 Å². The van der Waals surface area contributed by atoms with Gasteiger partial charge < -0.3 is 14.9 Å². The topological polar surface area (TPSA) is 118 Å². The number of nitro benzene ring substituents is 1. The minimum absolute atomic E-state index is 0.0773. The highest BCUT2D eigenvalue weighted by Crippen LogP contribution is 2.29. The van der Waals surface area contributed by atoms with Crippen molar-refractivity contribution in [3.63, 3.8) is 0 Å². The zero-order chi connectivity index (χ0) is 15.4. The molecule has 0 saturated carbocycles. The quantitative estimate of drug-likeness (QED) is 0.640. The highest BCUT2D eigenvalue weighted by molar-refractivity contribution is 5.97. The van der Waals surface area contributed by atoms with Crippen LogP contribution in [0.4, 0.5) is 5.69 Å². The van der Waals surface area contributed by atoms with E-state index in [0.717, 1.165) is 11.8 Å². The zero-order valence-electron chi connectivity index (χ0n) is 11.2. The lowest BCUT2D eigenvalue weighted by Gasteiger charge is -2.05. The molecule has 0 radical (unpaired) electrons. The van der Waals surface area contributed by atoms with Crippen molar-refractivity contribution in [3.8, 4) is 5.75 Å². The van der Waals surface area contributed by atoms with Crippen LogP contribution in [0.1, 0.15) is 28.7 Å². The van der Waals surface area contributed by atoms with Crippen molar-refractivity contribution >= 4 is 11.6 Å². The smallest absolute Gasteiger partial charge is 0.311 e. The van der Waals surface area contributed by atoms with Crippen molar-refractivity contribution in [3.05, 3.63) is 51.4 Å². The van der Waals surface area contributed by atoms with Crippen LogP contribution in [0.5, 0.6) is 5.75 Å². The molecule has 8 heteroatoms. The van der Waals surface area contributed by atoms with Crippen molar-refractivity contribution < 1.29 is 19.3 Å². The molecule has 0 spiro atoms. The molecule has 0 aliphatic rings. The summed E-state index contributed by atoms with van der Waals surface area (Å²) in [5.74, 6) is -0.831. The molecule has 0 fully saturated rings. The zero-order valence-corrected chi connectivity index (χ0v) is 11.2. The summed E-state index contributed by atoms with van der Waals surface area (Å²) in [6, 6.07) is 5.45. The number of phenols is 1. The number of hydrogen-bond donors (Lipinski definition) is 2. The van der Waals surface area contributed by atoms with Crippen LogP contribution >= 0.6 is 0 Å². The van der Waals surface area contributed by atoms with Crippen LogP contribution in [0.2, 0.25) is 0 Å². The van der Waals surface area contributed by atoms with Crippen molar-refractivity contribution in [1.82, 2.24) is 10.5 Å². The third kappa shape index (κ3) is 3.16. The SMILES string of the molecule is CCc1cc(CNC(=O)c2cccc([N+](=O)[O-])c2O)on1. The summed E-state index contributed by atoms with van der Waals surface area (Å²) >= 11 is 0. The first-order chi connectivity index (χ1) is 10.0. The number of amides is 1. The maximum Gasteiger partial charge on any atom is 0.311 e. The van der Waals surface area contributed by atoms with E-state index in [4.69, 9.17) is 4.52 Å². The average molecular weight is 291 g/mol. The molecule has 8 nitrogen and oxygen atoms in total. The molecule has 0 aliphatic heterocycles. The second-order valence-corrected chi connectivity index (χ2v) is 4.25. The number of hydrogen-bond acceptors (Lipinski definition) is 6. The third-order valence-corrected chi connectivity index (χ3v) is 2.85. The van der Waals surface area contributed by atoms with Crippen LogP contribution in [0.25, 0.3) is 0 Å². The van der Waals surface area contributed by atoms with Crippen LogP contribution < -0.4 is 5.32 Å². The number of rotatable bonds is 5. The Morgan fingerprint density at radius 2 is 2.29 bits per heavy atom. The van der Waals surface area contributed by atoms with Crippen molar-refractivity contribution in [2.24, 2.45) is 0 Å². The first-order valence-corrected chi connectivity index (χ1v) is 6.22. The van der Waals surface area contributed by atoms with Gasteiger partial charge in [-0.3, -0.25) is 14.9 Å². The summed E-state index contributed by atoms with van der Waals surface area (Å²) in [5, 5.41) is 26.7. The number of para-hydroxylation sites is 1. The number of aryl methyl sites for hydroxylation is 1. The lowest BCUT2D eigenvalue weighted by Crippen LogP contribution is -2.22. The van der Waals surface area contributed by atoms with E-state index in [1.165, 1.54) is 12.1 Å². The third-order valence-electron chi connectivity index (χ3n) is 2.85. The number of nitro groups is 1. The molecule has 0 atom stereocenters. The van der Waals surface area contributed by atoms with Gasteiger partial charge in [-0.15, -0.1) is 0 Å². The van der Waals surface area contributed by atoms with Crippen LogP contribution in [-0.2, 0) is 13.0 Å². The van der Waals surface area contributed by atoms with Gasteiger partial charge in [0.05, 0.1) is 22.7 Å². The Kier molecular flexibility index (Phi) is 4.17. The number of benzene rings is 1. The standard InChI is InChI=1S/C13H13N3O5/c1-2-8-6-9(21-15-8)7-14-13(18)10-4-3-5-11(12(10)17)16(19)20/h3-6,17H,2,7H2,1H3,(H,14,18). The number of carbonyl (C=O) groups excluding carboxylic acids is 1. The predicted octanol–water partition coefficient (Wildman–Crippen LogP) is 1.78. The van der Waals surface area contributed by atoms with Crippen LogP contribution in [0.15, 0.2) is 28.8 Å². The Hall–Kier alpha value is -2.90.